The molecule has 3 aromatic rings. The third kappa shape index (κ3) is 6.84. The Kier molecular flexibility index (Phi) is 8.02. The van der Waals surface area contributed by atoms with Gasteiger partial charge in [-0.2, -0.15) is 4.37 Å². The van der Waals surface area contributed by atoms with E-state index in [1.165, 1.54) is 11.5 Å². The average molecular weight is 429 g/mol. The lowest BCUT2D eigenvalue weighted by atomic mass is 10.1. The van der Waals surface area contributed by atoms with E-state index in [-0.39, 0.29) is 12.5 Å². The van der Waals surface area contributed by atoms with Crippen LogP contribution in [0.25, 0.3) is 0 Å². The molecule has 1 N–H and O–H groups in total. The molecule has 0 bridgehead atoms. The van der Waals surface area contributed by atoms with Crippen LogP contribution in [-0.2, 0) is 17.8 Å². The number of carbonyl (C=O) groups is 1. The minimum atomic E-state index is 0.00355. The van der Waals surface area contributed by atoms with E-state index >= 15 is 0 Å². The largest absolute Gasteiger partial charge is 0.355 e. The average Bonchev–Trinajstić information content (AvgIpc) is 3.19. The number of unbranched alkanes of at least 4 members (excludes halogenated alkanes) is 1. The number of halogens is 1. The van der Waals surface area contributed by atoms with Crippen LogP contribution in [0.15, 0.2) is 54.6 Å². The second-order valence-electron chi connectivity index (χ2n) is 6.84. The van der Waals surface area contributed by atoms with Crippen LogP contribution in [0.3, 0.4) is 0 Å². The van der Waals surface area contributed by atoms with Crippen molar-refractivity contribution < 1.29 is 4.79 Å². The van der Waals surface area contributed by atoms with Crippen LogP contribution in [0, 0.1) is 0 Å². The second-order valence-corrected chi connectivity index (χ2v) is 8.01. The van der Waals surface area contributed by atoms with E-state index in [0.717, 1.165) is 34.9 Å². The standard InChI is InChI=1S/C22H25ClN4OS/c1-2-3-13-24-21(28)16-27(15-18-7-5-4-6-8-18)22-25-20(26-29-22)14-17-9-11-19(23)12-10-17/h4-12H,2-3,13-16H2,1H3,(H,24,28). The third-order valence-corrected chi connectivity index (χ3v) is 5.47. The number of carbonyl (C=O) groups excluding carboxylic acids is 1. The Morgan fingerprint density at radius 3 is 2.59 bits per heavy atom. The molecule has 5 nitrogen and oxygen atoms in total. The number of hydrogen-bond acceptors (Lipinski definition) is 5. The van der Waals surface area contributed by atoms with Crippen LogP contribution < -0.4 is 10.2 Å². The summed E-state index contributed by atoms with van der Waals surface area (Å²) in [6.45, 7) is 3.68. The summed E-state index contributed by atoms with van der Waals surface area (Å²) < 4.78 is 4.50. The maximum Gasteiger partial charge on any atom is 0.239 e. The van der Waals surface area contributed by atoms with Crippen LogP contribution in [0.5, 0.6) is 0 Å². The molecule has 0 saturated carbocycles. The molecule has 1 aromatic heterocycles. The molecule has 0 radical (unpaired) electrons. The number of amides is 1. The zero-order valence-corrected chi connectivity index (χ0v) is 18.0. The summed E-state index contributed by atoms with van der Waals surface area (Å²) in [6.07, 6.45) is 2.67. The van der Waals surface area contributed by atoms with Gasteiger partial charge in [0, 0.05) is 36.1 Å². The Morgan fingerprint density at radius 1 is 1.10 bits per heavy atom. The summed E-state index contributed by atoms with van der Waals surface area (Å²) in [5.74, 6) is 0.751. The van der Waals surface area contributed by atoms with Gasteiger partial charge in [-0.25, -0.2) is 4.98 Å². The minimum absolute atomic E-state index is 0.00355. The van der Waals surface area contributed by atoms with Crippen molar-refractivity contribution in [3.05, 3.63) is 76.6 Å². The summed E-state index contributed by atoms with van der Waals surface area (Å²) in [5.41, 5.74) is 2.23. The predicted octanol–water partition coefficient (Wildman–Crippen LogP) is 4.71. The van der Waals surface area contributed by atoms with Gasteiger partial charge in [-0.3, -0.25) is 4.79 Å². The molecule has 1 heterocycles. The van der Waals surface area contributed by atoms with Gasteiger partial charge in [0.05, 0.1) is 6.54 Å². The van der Waals surface area contributed by atoms with E-state index in [0.29, 0.717) is 24.5 Å². The molecule has 7 heteroatoms. The lowest BCUT2D eigenvalue weighted by Gasteiger charge is -2.21. The highest BCUT2D eigenvalue weighted by Crippen LogP contribution is 2.21. The van der Waals surface area contributed by atoms with Crippen LogP contribution in [-0.4, -0.2) is 28.4 Å². The second kappa shape index (κ2) is 10.9. The van der Waals surface area contributed by atoms with Crippen molar-refractivity contribution in [1.29, 1.82) is 0 Å². The molecule has 0 unspecified atom stereocenters. The highest BCUT2D eigenvalue weighted by molar-refractivity contribution is 7.09. The van der Waals surface area contributed by atoms with Crippen molar-refractivity contribution in [3.8, 4) is 0 Å². The minimum Gasteiger partial charge on any atom is -0.355 e. The number of rotatable bonds is 10. The molecule has 0 saturated heterocycles. The third-order valence-electron chi connectivity index (χ3n) is 4.41. The fourth-order valence-corrected chi connectivity index (χ4v) is 3.67. The molecular weight excluding hydrogens is 404 g/mol. The molecule has 152 valence electrons. The van der Waals surface area contributed by atoms with E-state index in [2.05, 4.69) is 28.7 Å². The Bertz CT molecular complexity index is 899. The molecule has 1 amide bonds. The summed E-state index contributed by atoms with van der Waals surface area (Å²) in [5, 5.41) is 4.45. The summed E-state index contributed by atoms with van der Waals surface area (Å²) >= 11 is 7.29. The maximum atomic E-state index is 12.4. The molecule has 2 aromatic carbocycles. The van der Waals surface area contributed by atoms with Gasteiger partial charge in [0.1, 0.15) is 5.82 Å². The first-order valence-corrected chi connectivity index (χ1v) is 10.9. The number of benzene rings is 2. The monoisotopic (exact) mass is 428 g/mol. The van der Waals surface area contributed by atoms with Crippen molar-refractivity contribution in [2.75, 3.05) is 18.0 Å². The molecule has 29 heavy (non-hydrogen) atoms. The maximum absolute atomic E-state index is 12.4. The van der Waals surface area contributed by atoms with Gasteiger partial charge < -0.3 is 10.2 Å². The smallest absolute Gasteiger partial charge is 0.239 e. The molecule has 0 aliphatic rings. The molecule has 0 aliphatic carbocycles. The SMILES string of the molecule is CCCCNC(=O)CN(Cc1ccccc1)c1nc(Cc2ccc(Cl)cc2)ns1. The van der Waals surface area contributed by atoms with Gasteiger partial charge in [-0.15, -0.1) is 0 Å². The Balaban J connectivity index is 1.71. The Labute approximate surface area is 180 Å². The van der Waals surface area contributed by atoms with E-state index in [1.807, 2.05) is 47.4 Å². The van der Waals surface area contributed by atoms with Gasteiger partial charge in [0.15, 0.2) is 0 Å². The quantitative estimate of drug-likeness (QED) is 0.475. The topological polar surface area (TPSA) is 58.1 Å². The summed E-state index contributed by atoms with van der Waals surface area (Å²) in [6, 6.07) is 17.8. The predicted molar refractivity (Wildman–Crippen MR) is 120 cm³/mol. The first-order chi connectivity index (χ1) is 14.1. The summed E-state index contributed by atoms with van der Waals surface area (Å²) in [4.78, 5) is 19.1. The first kappa shape index (κ1) is 21.3. The lowest BCUT2D eigenvalue weighted by molar-refractivity contribution is -0.119. The lowest BCUT2D eigenvalue weighted by Crippen LogP contribution is -2.37. The number of hydrogen-bond donors (Lipinski definition) is 1. The van der Waals surface area contributed by atoms with Crippen LogP contribution in [0.1, 0.15) is 36.7 Å². The zero-order chi connectivity index (χ0) is 20.5. The van der Waals surface area contributed by atoms with Crippen LogP contribution >= 0.6 is 23.1 Å². The van der Waals surface area contributed by atoms with Gasteiger partial charge in [0.25, 0.3) is 0 Å². The number of anilines is 1. The van der Waals surface area contributed by atoms with Gasteiger partial charge in [-0.1, -0.05) is 67.4 Å². The van der Waals surface area contributed by atoms with Gasteiger partial charge in [0.2, 0.25) is 11.0 Å². The van der Waals surface area contributed by atoms with Crippen LogP contribution in [0.4, 0.5) is 5.13 Å². The highest BCUT2D eigenvalue weighted by Gasteiger charge is 2.17. The zero-order valence-electron chi connectivity index (χ0n) is 16.5. The Hall–Kier alpha value is -2.44. The fraction of sp³-hybridized carbons (Fsp3) is 0.318. The van der Waals surface area contributed by atoms with E-state index in [4.69, 9.17) is 16.6 Å². The first-order valence-electron chi connectivity index (χ1n) is 9.76. The molecule has 3 rings (SSSR count). The van der Waals surface area contributed by atoms with Crippen molar-refractivity contribution in [1.82, 2.24) is 14.7 Å². The molecule has 0 fully saturated rings. The number of nitrogens with one attached hydrogen (secondary N) is 1. The fourth-order valence-electron chi connectivity index (χ4n) is 2.86. The van der Waals surface area contributed by atoms with E-state index < -0.39 is 0 Å². The van der Waals surface area contributed by atoms with Crippen molar-refractivity contribution in [2.24, 2.45) is 0 Å². The van der Waals surface area contributed by atoms with Crippen molar-refractivity contribution >= 4 is 34.2 Å². The van der Waals surface area contributed by atoms with E-state index in [9.17, 15) is 4.79 Å². The number of aromatic nitrogens is 2. The molecule has 0 aliphatic heterocycles. The van der Waals surface area contributed by atoms with Gasteiger partial charge >= 0.3 is 0 Å². The highest BCUT2D eigenvalue weighted by atomic mass is 35.5. The molecule has 0 atom stereocenters. The molecular formula is C22H25ClN4OS. The van der Waals surface area contributed by atoms with Crippen molar-refractivity contribution in [2.45, 2.75) is 32.7 Å². The molecule has 0 spiro atoms. The van der Waals surface area contributed by atoms with Crippen molar-refractivity contribution in [3.63, 3.8) is 0 Å². The number of nitrogens with zero attached hydrogens (tertiary/aromatic N) is 3. The van der Waals surface area contributed by atoms with Crippen LogP contribution in [0.2, 0.25) is 5.02 Å². The normalized spacial score (nSPS) is 10.7. The van der Waals surface area contributed by atoms with Gasteiger partial charge in [-0.05, 0) is 29.7 Å². The van der Waals surface area contributed by atoms with E-state index in [1.54, 1.807) is 0 Å². The Morgan fingerprint density at radius 2 is 1.86 bits per heavy atom. The summed E-state index contributed by atoms with van der Waals surface area (Å²) in [7, 11) is 0.